The lowest BCUT2D eigenvalue weighted by molar-refractivity contribution is -0.137. The predicted octanol–water partition coefficient (Wildman–Crippen LogP) is 8.30. The zero-order valence-electron chi connectivity index (χ0n) is 23.1. The zero-order valence-corrected chi connectivity index (χ0v) is 23.1. The fourth-order valence-corrected chi connectivity index (χ4v) is 6.57. The second kappa shape index (κ2) is 10.4. The molecular formula is C34H27F5N2O2. The Kier molecular flexibility index (Phi) is 6.65. The first kappa shape index (κ1) is 27.5. The van der Waals surface area contributed by atoms with Gasteiger partial charge in [-0.25, -0.2) is 8.78 Å². The van der Waals surface area contributed by atoms with Crippen molar-refractivity contribution in [2.45, 2.75) is 37.7 Å². The number of nitrogens with one attached hydrogen (secondary N) is 1. The van der Waals surface area contributed by atoms with Gasteiger partial charge in [-0.15, -0.1) is 0 Å². The number of methoxy groups -OCH3 is 1. The van der Waals surface area contributed by atoms with Crippen LogP contribution in [0.15, 0.2) is 78.9 Å². The van der Waals surface area contributed by atoms with Crippen LogP contribution in [0.2, 0.25) is 0 Å². The van der Waals surface area contributed by atoms with Gasteiger partial charge >= 0.3 is 6.18 Å². The highest BCUT2D eigenvalue weighted by molar-refractivity contribution is 5.85. The molecule has 0 amide bonds. The maximum Gasteiger partial charge on any atom is 0.416 e. The molecule has 2 atom stereocenters. The van der Waals surface area contributed by atoms with Crippen molar-refractivity contribution in [2.75, 3.05) is 13.7 Å². The lowest BCUT2D eigenvalue weighted by Gasteiger charge is -2.46. The van der Waals surface area contributed by atoms with E-state index in [2.05, 4.69) is 22.0 Å². The Balaban J connectivity index is 1.25. The van der Waals surface area contributed by atoms with E-state index in [1.54, 1.807) is 0 Å². The van der Waals surface area contributed by atoms with E-state index >= 15 is 0 Å². The van der Waals surface area contributed by atoms with E-state index in [0.717, 1.165) is 58.4 Å². The molecule has 3 heterocycles. The van der Waals surface area contributed by atoms with E-state index in [1.807, 2.05) is 36.4 Å². The molecule has 0 aliphatic carbocycles. The summed E-state index contributed by atoms with van der Waals surface area (Å²) in [7, 11) is 1.52. The minimum absolute atomic E-state index is 0.000756. The third-order valence-electron chi connectivity index (χ3n) is 8.62. The molecule has 4 nitrogen and oxygen atoms in total. The molecule has 0 saturated heterocycles. The number of ether oxygens (including phenoxy) is 2. The number of hydrogen-bond donors (Lipinski definition) is 1. The lowest BCUT2D eigenvalue weighted by atomic mass is 9.80. The number of hydrogen-bond acceptors (Lipinski definition) is 3. The van der Waals surface area contributed by atoms with Crippen LogP contribution in [-0.2, 0) is 25.6 Å². The molecule has 7 rings (SSSR count). The summed E-state index contributed by atoms with van der Waals surface area (Å²) in [6.07, 6.45) is -3.17. The van der Waals surface area contributed by atoms with E-state index in [1.165, 1.54) is 24.8 Å². The summed E-state index contributed by atoms with van der Waals surface area (Å²) in [4.78, 5) is 6.08. The minimum atomic E-state index is -4.63. The van der Waals surface area contributed by atoms with Crippen molar-refractivity contribution < 1.29 is 31.4 Å². The van der Waals surface area contributed by atoms with Crippen molar-refractivity contribution in [1.29, 1.82) is 0 Å². The maximum atomic E-state index is 14.5. The summed E-state index contributed by atoms with van der Waals surface area (Å²) in [5, 5.41) is 1.15. The van der Waals surface area contributed by atoms with E-state index in [-0.39, 0.29) is 30.1 Å². The van der Waals surface area contributed by atoms with Gasteiger partial charge < -0.3 is 14.5 Å². The molecule has 0 radical (unpaired) electrons. The number of benzene rings is 4. The summed E-state index contributed by atoms with van der Waals surface area (Å²) in [6.45, 7) is 0.480. The first-order valence-electron chi connectivity index (χ1n) is 14.0. The van der Waals surface area contributed by atoms with Gasteiger partial charge in [-0.3, -0.25) is 4.90 Å². The molecule has 1 N–H and O–H groups in total. The van der Waals surface area contributed by atoms with Gasteiger partial charge in [-0.1, -0.05) is 36.4 Å². The van der Waals surface area contributed by atoms with Gasteiger partial charge in [-0.05, 0) is 77.6 Å². The smallest absolute Gasteiger partial charge is 0.416 e. The average Bonchev–Trinajstić information content (AvgIpc) is 3.37. The third kappa shape index (κ3) is 4.81. The minimum Gasteiger partial charge on any atom is -0.493 e. The second-order valence-corrected chi connectivity index (χ2v) is 11.0. The van der Waals surface area contributed by atoms with Crippen LogP contribution in [0.5, 0.6) is 11.5 Å². The highest BCUT2D eigenvalue weighted by atomic mass is 19.4. The fourth-order valence-electron chi connectivity index (χ4n) is 6.57. The summed E-state index contributed by atoms with van der Waals surface area (Å²) in [5.41, 5.74) is 5.48. The van der Waals surface area contributed by atoms with Gasteiger partial charge in [0.2, 0.25) is 0 Å². The summed E-state index contributed by atoms with van der Waals surface area (Å²) < 4.78 is 78.9. The highest BCUT2D eigenvalue weighted by Gasteiger charge is 2.41. The first-order chi connectivity index (χ1) is 20.7. The Morgan fingerprint density at radius 2 is 1.72 bits per heavy atom. The molecule has 0 spiro atoms. The maximum absolute atomic E-state index is 14.5. The normalized spacial score (nSPS) is 18.2. The quantitative estimate of drug-likeness (QED) is 0.209. The molecule has 4 aromatic carbocycles. The fraction of sp³-hybridized carbons (Fsp3) is 0.235. The molecule has 5 aromatic rings. The van der Waals surface area contributed by atoms with Crippen molar-refractivity contribution in [3.63, 3.8) is 0 Å². The molecule has 1 aromatic heterocycles. The molecule has 220 valence electrons. The van der Waals surface area contributed by atoms with E-state index < -0.39 is 17.6 Å². The van der Waals surface area contributed by atoms with Gasteiger partial charge in [-0.2, -0.15) is 13.2 Å². The Morgan fingerprint density at radius 3 is 2.47 bits per heavy atom. The monoisotopic (exact) mass is 590 g/mol. The van der Waals surface area contributed by atoms with Gasteiger partial charge in [0.15, 0.2) is 11.5 Å². The molecule has 2 aliphatic heterocycles. The van der Waals surface area contributed by atoms with Gasteiger partial charge in [0.25, 0.3) is 0 Å². The van der Waals surface area contributed by atoms with Gasteiger partial charge in [0.05, 0.1) is 18.7 Å². The van der Waals surface area contributed by atoms with E-state index in [4.69, 9.17) is 9.47 Å². The van der Waals surface area contributed by atoms with Crippen LogP contribution < -0.4 is 9.47 Å². The first-order valence-corrected chi connectivity index (χ1v) is 14.0. The van der Waals surface area contributed by atoms with Gasteiger partial charge in [0, 0.05) is 34.7 Å². The van der Waals surface area contributed by atoms with Crippen molar-refractivity contribution >= 4 is 10.9 Å². The Bertz CT molecular complexity index is 1830. The number of nitrogens with zero attached hydrogens (tertiary/aromatic N) is 1. The van der Waals surface area contributed by atoms with Crippen LogP contribution in [0.3, 0.4) is 0 Å². The summed E-state index contributed by atoms with van der Waals surface area (Å²) >= 11 is 0. The average molecular weight is 591 g/mol. The highest BCUT2D eigenvalue weighted by Crippen LogP contribution is 2.49. The summed E-state index contributed by atoms with van der Waals surface area (Å²) in [5.74, 6) is -0.417. The Hall–Kier alpha value is -4.37. The number of H-pyrrole nitrogens is 1. The Morgan fingerprint density at radius 1 is 0.930 bits per heavy atom. The van der Waals surface area contributed by atoms with Crippen LogP contribution in [0.4, 0.5) is 22.0 Å². The lowest BCUT2D eigenvalue weighted by Crippen LogP contribution is -2.43. The van der Waals surface area contributed by atoms with Crippen LogP contribution in [0, 0.1) is 11.6 Å². The number of rotatable bonds is 5. The number of halogens is 5. The molecule has 0 fully saturated rings. The standard InChI is InChI=1S/C34H27F5N2O2/c1-42-30-17-25-20(14-31(30)43-18-21-6-9-22(15-27(21)36)34(37,38)39)12-13-41-29(25)16-26-24-4-2-3-5-28(24)40-32(26)33(41)19-7-10-23(35)11-8-19/h2-11,14-15,17,29,33,40H,12-13,16,18H2,1H3. The van der Waals surface area contributed by atoms with Crippen LogP contribution in [0.1, 0.15) is 51.2 Å². The van der Waals surface area contributed by atoms with Crippen LogP contribution in [0.25, 0.3) is 10.9 Å². The molecule has 43 heavy (non-hydrogen) atoms. The van der Waals surface area contributed by atoms with Crippen molar-refractivity contribution in [3.05, 3.63) is 130 Å². The number of aromatic amines is 1. The van der Waals surface area contributed by atoms with E-state index in [0.29, 0.717) is 24.0 Å². The van der Waals surface area contributed by atoms with E-state index in [9.17, 15) is 22.0 Å². The van der Waals surface area contributed by atoms with Crippen molar-refractivity contribution in [2.24, 2.45) is 0 Å². The summed E-state index contributed by atoms with van der Waals surface area (Å²) in [6, 6.07) is 21.0. The van der Waals surface area contributed by atoms with Crippen LogP contribution in [-0.4, -0.2) is 23.5 Å². The molecule has 0 bridgehead atoms. The van der Waals surface area contributed by atoms with Crippen molar-refractivity contribution in [1.82, 2.24) is 9.88 Å². The molecule has 9 heteroatoms. The molecule has 2 aliphatic rings. The number of aromatic nitrogens is 1. The molecule has 2 unspecified atom stereocenters. The zero-order chi connectivity index (χ0) is 29.9. The molecule has 0 saturated carbocycles. The number of fused-ring (bicyclic) bond motifs is 6. The predicted molar refractivity (Wildman–Crippen MR) is 152 cm³/mol. The number of alkyl halides is 3. The van der Waals surface area contributed by atoms with Gasteiger partial charge in [0.1, 0.15) is 18.2 Å². The second-order valence-electron chi connectivity index (χ2n) is 11.0. The largest absolute Gasteiger partial charge is 0.493 e. The Labute approximate surface area is 244 Å². The molecular weight excluding hydrogens is 563 g/mol. The SMILES string of the molecule is COc1cc2c(cc1OCc1ccc(C(F)(F)F)cc1F)CCN1C2Cc2c([nH]c3ccccc23)C1c1ccc(F)cc1. The number of para-hydroxylation sites is 1. The van der Waals surface area contributed by atoms with Crippen molar-refractivity contribution in [3.8, 4) is 11.5 Å². The third-order valence-corrected chi connectivity index (χ3v) is 8.62. The topological polar surface area (TPSA) is 37.5 Å². The van der Waals surface area contributed by atoms with Crippen LogP contribution >= 0.6 is 0 Å².